The molecule has 1 aliphatic heterocycles. The molecule has 0 bridgehead atoms. The fourth-order valence-electron chi connectivity index (χ4n) is 3.67. The molecule has 2 aromatic carbocycles. The lowest BCUT2D eigenvalue weighted by Crippen LogP contribution is -2.45. The Kier molecular flexibility index (Phi) is 4.77. The standard InChI is InChI=1S/C22H20N2O2S/c1-24-20(18-12-7-13-27-18)19(16-10-5-6-11-17(16)22(24)26)21(25)23-14-15-8-3-2-4-9-15/h2-13,19-20H,14H2,1H3,(H,23,25)/t19-,20+/m0/s1. The van der Waals surface area contributed by atoms with Crippen molar-refractivity contribution in [3.63, 3.8) is 0 Å². The van der Waals surface area contributed by atoms with Crippen molar-refractivity contribution in [2.45, 2.75) is 18.5 Å². The highest BCUT2D eigenvalue weighted by molar-refractivity contribution is 7.10. The maximum Gasteiger partial charge on any atom is 0.254 e. The molecule has 0 unspecified atom stereocenters. The van der Waals surface area contributed by atoms with Crippen molar-refractivity contribution in [3.05, 3.63) is 93.7 Å². The van der Waals surface area contributed by atoms with Crippen molar-refractivity contribution in [1.82, 2.24) is 10.2 Å². The van der Waals surface area contributed by atoms with Crippen LogP contribution < -0.4 is 5.32 Å². The number of thiophene rings is 1. The third-order valence-corrected chi connectivity index (χ3v) is 5.95. The Balaban J connectivity index is 1.70. The first kappa shape index (κ1) is 17.5. The highest BCUT2D eigenvalue weighted by Gasteiger charge is 2.42. The van der Waals surface area contributed by atoms with Crippen LogP contribution in [-0.4, -0.2) is 23.8 Å². The Hall–Kier alpha value is -2.92. The Labute approximate surface area is 162 Å². The molecule has 136 valence electrons. The Bertz CT molecular complexity index is 953. The molecule has 0 spiro atoms. The number of carbonyl (C=O) groups is 2. The maximum absolute atomic E-state index is 13.2. The van der Waals surface area contributed by atoms with Gasteiger partial charge in [-0.2, -0.15) is 0 Å². The molecule has 5 heteroatoms. The number of amides is 2. The van der Waals surface area contributed by atoms with Crippen molar-refractivity contribution in [2.75, 3.05) is 7.05 Å². The van der Waals surface area contributed by atoms with E-state index in [0.717, 1.165) is 16.0 Å². The fourth-order valence-corrected chi connectivity index (χ4v) is 4.57. The second kappa shape index (κ2) is 7.37. The maximum atomic E-state index is 13.2. The van der Waals surface area contributed by atoms with E-state index in [1.807, 2.05) is 66.0 Å². The summed E-state index contributed by atoms with van der Waals surface area (Å²) < 4.78 is 0. The van der Waals surface area contributed by atoms with E-state index >= 15 is 0 Å². The fraction of sp³-hybridized carbons (Fsp3) is 0.182. The van der Waals surface area contributed by atoms with E-state index in [9.17, 15) is 9.59 Å². The average molecular weight is 376 g/mol. The predicted octanol–water partition coefficient (Wildman–Crippen LogP) is 3.98. The highest BCUT2D eigenvalue weighted by atomic mass is 32.1. The number of likely N-dealkylation sites (N-methyl/N-ethyl adjacent to an activating group) is 1. The van der Waals surface area contributed by atoms with Crippen LogP contribution in [0.5, 0.6) is 0 Å². The van der Waals surface area contributed by atoms with Gasteiger partial charge >= 0.3 is 0 Å². The molecule has 0 aliphatic carbocycles. The second-order valence-electron chi connectivity index (χ2n) is 6.64. The van der Waals surface area contributed by atoms with Crippen LogP contribution in [-0.2, 0) is 11.3 Å². The lowest BCUT2D eigenvalue weighted by atomic mass is 9.81. The number of fused-ring (bicyclic) bond motifs is 1. The van der Waals surface area contributed by atoms with Crippen LogP contribution in [0.1, 0.15) is 38.3 Å². The smallest absolute Gasteiger partial charge is 0.254 e. The minimum absolute atomic E-state index is 0.0453. The average Bonchev–Trinajstić information content (AvgIpc) is 3.24. The summed E-state index contributed by atoms with van der Waals surface area (Å²) in [6, 6.07) is 20.9. The van der Waals surface area contributed by atoms with Gasteiger partial charge in [0.15, 0.2) is 0 Å². The minimum atomic E-state index is -0.439. The number of rotatable bonds is 4. The lowest BCUT2D eigenvalue weighted by Gasteiger charge is -2.39. The van der Waals surface area contributed by atoms with Crippen molar-refractivity contribution >= 4 is 23.2 Å². The topological polar surface area (TPSA) is 49.4 Å². The highest BCUT2D eigenvalue weighted by Crippen LogP contribution is 2.43. The number of nitrogens with one attached hydrogen (secondary N) is 1. The lowest BCUT2D eigenvalue weighted by molar-refractivity contribution is -0.124. The number of nitrogens with zero attached hydrogens (tertiary/aromatic N) is 1. The van der Waals surface area contributed by atoms with Gasteiger partial charge in [-0.3, -0.25) is 9.59 Å². The van der Waals surface area contributed by atoms with Gasteiger partial charge in [0.25, 0.3) is 5.91 Å². The molecule has 2 amide bonds. The SMILES string of the molecule is CN1C(=O)c2ccccc2[C@H](C(=O)NCc2ccccc2)[C@H]1c1cccs1. The molecule has 0 saturated carbocycles. The van der Waals surface area contributed by atoms with Gasteiger partial charge in [0, 0.05) is 24.0 Å². The van der Waals surface area contributed by atoms with E-state index in [0.29, 0.717) is 12.1 Å². The molecule has 2 heterocycles. The summed E-state index contributed by atoms with van der Waals surface area (Å²) in [7, 11) is 1.78. The van der Waals surface area contributed by atoms with E-state index in [-0.39, 0.29) is 17.9 Å². The van der Waals surface area contributed by atoms with Crippen LogP contribution in [0.3, 0.4) is 0 Å². The Morgan fingerprint density at radius 2 is 1.78 bits per heavy atom. The zero-order valence-corrected chi connectivity index (χ0v) is 15.8. The first-order chi connectivity index (χ1) is 13.2. The first-order valence-electron chi connectivity index (χ1n) is 8.88. The number of benzene rings is 2. The third-order valence-electron chi connectivity index (χ3n) is 5.01. The normalized spacial score (nSPS) is 18.9. The van der Waals surface area contributed by atoms with Crippen LogP contribution in [0.4, 0.5) is 0 Å². The van der Waals surface area contributed by atoms with Crippen molar-refractivity contribution < 1.29 is 9.59 Å². The molecule has 3 aromatic rings. The molecule has 4 nitrogen and oxygen atoms in total. The number of hydrogen-bond donors (Lipinski definition) is 1. The number of hydrogen-bond acceptors (Lipinski definition) is 3. The summed E-state index contributed by atoms with van der Waals surface area (Å²) in [6.07, 6.45) is 0. The van der Waals surface area contributed by atoms with Gasteiger partial charge in [0.2, 0.25) is 5.91 Å². The largest absolute Gasteiger partial charge is 0.351 e. The van der Waals surface area contributed by atoms with Gasteiger partial charge in [0.1, 0.15) is 0 Å². The summed E-state index contributed by atoms with van der Waals surface area (Å²) in [5, 5.41) is 5.04. The Morgan fingerprint density at radius 3 is 2.52 bits per heavy atom. The molecule has 1 N–H and O–H groups in total. The molecule has 0 saturated heterocycles. The van der Waals surface area contributed by atoms with E-state index < -0.39 is 5.92 Å². The molecule has 1 aromatic heterocycles. The van der Waals surface area contributed by atoms with Gasteiger partial charge < -0.3 is 10.2 Å². The summed E-state index contributed by atoms with van der Waals surface area (Å²) in [6.45, 7) is 0.465. The van der Waals surface area contributed by atoms with E-state index in [1.54, 1.807) is 29.4 Å². The molecular formula is C22H20N2O2S. The van der Waals surface area contributed by atoms with Gasteiger partial charge in [-0.1, -0.05) is 54.6 Å². The van der Waals surface area contributed by atoms with Crippen LogP contribution in [0.2, 0.25) is 0 Å². The van der Waals surface area contributed by atoms with Crippen LogP contribution in [0.25, 0.3) is 0 Å². The molecule has 0 radical (unpaired) electrons. The summed E-state index contributed by atoms with van der Waals surface area (Å²) in [5.74, 6) is -0.550. The first-order valence-corrected chi connectivity index (χ1v) is 9.76. The van der Waals surface area contributed by atoms with Gasteiger partial charge in [-0.15, -0.1) is 11.3 Å². The van der Waals surface area contributed by atoms with Gasteiger partial charge in [-0.05, 0) is 28.6 Å². The zero-order chi connectivity index (χ0) is 18.8. The van der Waals surface area contributed by atoms with Crippen molar-refractivity contribution in [2.24, 2.45) is 0 Å². The van der Waals surface area contributed by atoms with Crippen LogP contribution in [0, 0.1) is 0 Å². The van der Waals surface area contributed by atoms with Crippen molar-refractivity contribution in [1.29, 1.82) is 0 Å². The van der Waals surface area contributed by atoms with Crippen LogP contribution >= 0.6 is 11.3 Å². The minimum Gasteiger partial charge on any atom is -0.351 e. The van der Waals surface area contributed by atoms with E-state index in [2.05, 4.69) is 5.32 Å². The van der Waals surface area contributed by atoms with E-state index in [4.69, 9.17) is 0 Å². The second-order valence-corrected chi connectivity index (χ2v) is 7.62. The van der Waals surface area contributed by atoms with Gasteiger partial charge in [-0.25, -0.2) is 0 Å². The summed E-state index contributed by atoms with van der Waals surface area (Å²) in [4.78, 5) is 28.8. The third kappa shape index (κ3) is 3.26. The van der Waals surface area contributed by atoms with Crippen molar-refractivity contribution in [3.8, 4) is 0 Å². The Morgan fingerprint density at radius 1 is 1.04 bits per heavy atom. The van der Waals surface area contributed by atoms with Crippen LogP contribution in [0.15, 0.2) is 72.1 Å². The number of carbonyl (C=O) groups excluding carboxylic acids is 2. The van der Waals surface area contributed by atoms with E-state index in [1.165, 1.54) is 0 Å². The quantitative estimate of drug-likeness (QED) is 0.749. The molecule has 0 fully saturated rings. The summed E-state index contributed by atoms with van der Waals surface area (Å²) in [5.41, 5.74) is 2.45. The molecular weight excluding hydrogens is 356 g/mol. The predicted molar refractivity (Wildman–Crippen MR) is 107 cm³/mol. The summed E-state index contributed by atoms with van der Waals surface area (Å²) >= 11 is 1.57. The molecule has 27 heavy (non-hydrogen) atoms. The molecule has 2 atom stereocenters. The van der Waals surface area contributed by atoms with Gasteiger partial charge in [0.05, 0.1) is 12.0 Å². The molecule has 1 aliphatic rings. The monoisotopic (exact) mass is 376 g/mol. The zero-order valence-electron chi connectivity index (χ0n) is 15.0. The molecule has 4 rings (SSSR count).